The van der Waals surface area contributed by atoms with Crippen molar-refractivity contribution in [1.82, 2.24) is 10.2 Å². The first kappa shape index (κ1) is 17.9. The summed E-state index contributed by atoms with van der Waals surface area (Å²) in [5, 5.41) is 4.03. The Morgan fingerprint density at radius 3 is 2.08 bits per heavy atom. The van der Waals surface area contributed by atoms with E-state index >= 15 is 0 Å². The number of likely N-dealkylation sites (tertiary alicyclic amines) is 1. The Morgan fingerprint density at radius 2 is 1.50 bits per heavy atom. The van der Waals surface area contributed by atoms with E-state index < -0.39 is 0 Å². The Balaban J connectivity index is 1.47. The van der Waals surface area contributed by atoms with Crippen molar-refractivity contribution in [3.05, 3.63) is 35.9 Å². The third-order valence-electron chi connectivity index (χ3n) is 5.86. The molecule has 0 amide bonds. The van der Waals surface area contributed by atoms with Gasteiger partial charge in [-0.2, -0.15) is 0 Å². The van der Waals surface area contributed by atoms with E-state index in [2.05, 4.69) is 68.2 Å². The first-order chi connectivity index (χ1) is 11.3. The van der Waals surface area contributed by atoms with Gasteiger partial charge in [-0.3, -0.25) is 4.90 Å². The van der Waals surface area contributed by atoms with Crippen molar-refractivity contribution in [3.63, 3.8) is 0 Å². The van der Waals surface area contributed by atoms with E-state index in [4.69, 9.17) is 0 Å². The second-order valence-corrected chi connectivity index (χ2v) is 9.81. The number of piperidine rings is 1. The molecule has 3 rings (SSSR count). The summed E-state index contributed by atoms with van der Waals surface area (Å²) in [5.74, 6) is 0. The summed E-state index contributed by atoms with van der Waals surface area (Å²) in [5.41, 5.74) is 2.40. The SMILES string of the molecule is CC1(C)CC(NC2CCN(Cc3ccccc3)CC2)CC(C)(C)C1. The van der Waals surface area contributed by atoms with E-state index in [1.165, 1.54) is 50.8 Å². The van der Waals surface area contributed by atoms with Gasteiger partial charge in [0.05, 0.1) is 0 Å². The quantitative estimate of drug-likeness (QED) is 0.850. The van der Waals surface area contributed by atoms with Gasteiger partial charge in [0.15, 0.2) is 0 Å². The first-order valence-corrected chi connectivity index (χ1v) is 9.84. The number of benzene rings is 1. The maximum Gasteiger partial charge on any atom is 0.0233 e. The lowest BCUT2D eigenvalue weighted by atomic mass is 9.63. The monoisotopic (exact) mass is 328 g/mol. The molecule has 0 unspecified atom stereocenters. The van der Waals surface area contributed by atoms with Crippen LogP contribution in [0.5, 0.6) is 0 Å². The Hall–Kier alpha value is -0.860. The Kier molecular flexibility index (Phi) is 5.36. The molecule has 0 radical (unpaired) electrons. The molecule has 1 aliphatic carbocycles. The fraction of sp³-hybridized carbons (Fsp3) is 0.727. The highest BCUT2D eigenvalue weighted by Gasteiger charge is 2.39. The van der Waals surface area contributed by atoms with Crippen LogP contribution in [0.2, 0.25) is 0 Å². The van der Waals surface area contributed by atoms with Gasteiger partial charge in [0.25, 0.3) is 0 Å². The molecule has 1 saturated heterocycles. The zero-order valence-electron chi connectivity index (χ0n) is 16.1. The predicted molar refractivity (Wildman–Crippen MR) is 103 cm³/mol. The molecule has 1 aromatic carbocycles. The summed E-state index contributed by atoms with van der Waals surface area (Å²) >= 11 is 0. The fourth-order valence-electron chi connectivity index (χ4n) is 5.40. The van der Waals surface area contributed by atoms with Crippen molar-refractivity contribution in [3.8, 4) is 0 Å². The van der Waals surface area contributed by atoms with Gasteiger partial charge < -0.3 is 5.32 Å². The van der Waals surface area contributed by atoms with Gasteiger partial charge in [-0.15, -0.1) is 0 Å². The second kappa shape index (κ2) is 7.17. The van der Waals surface area contributed by atoms with Crippen LogP contribution < -0.4 is 5.32 Å². The number of nitrogens with one attached hydrogen (secondary N) is 1. The minimum Gasteiger partial charge on any atom is -0.311 e. The maximum atomic E-state index is 4.03. The van der Waals surface area contributed by atoms with E-state index in [9.17, 15) is 0 Å². The van der Waals surface area contributed by atoms with Gasteiger partial charge >= 0.3 is 0 Å². The van der Waals surface area contributed by atoms with Gasteiger partial charge in [0.1, 0.15) is 0 Å². The van der Waals surface area contributed by atoms with Crippen LogP contribution in [0.1, 0.15) is 65.4 Å². The average molecular weight is 329 g/mol. The van der Waals surface area contributed by atoms with Crippen molar-refractivity contribution in [2.45, 2.75) is 78.4 Å². The summed E-state index contributed by atoms with van der Waals surface area (Å²) < 4.78 is 0. The fourth-order valence-corrected chi connectivity index (χ4v) is 5.40. The molecule has 0 bridgehead atoms. The summed E-state index contributed by atoms with van der Waals surface area (Å²) in [6.45, 7) is 13.4. The highest BCUT2D eigenvalue weighted by atomic mass is 15.1. The minimum absolute atomic E-state index is 0.480. The molecule has 2 fully saturated rings. The van der Waals surface area contributed by atoms with Crippen LogP contribution in [0, 0.1) is 10.8 Å². The Labute approximate surface area is 149 Å². The van der Waals surface area contributed by atoms with E-state index in [-0.39, 0.29) is 0 Å². The molecule has 1 aromatic rings. The third kappa shape index (κ3) is 5.07. The molecule has 134 valence electrons. The molecular weight excluding hydrogens is 292 g/mol. The first-order valence-electron chi connectivity index (χ1n) is 9.84. The predicted octanol–water partition coefficient (Wildman–Crippen LogP) is 4.85. The largest absolute Gasteiger partial charge is 0.311 e. The number of rotatable bonds is 4. The molecule has 2 nitrogen and oxygen atoms in total. The van der Waals surface area contributed by atoms with Gasteiger partial charge in [-0.05, 0) is 61.6 Å². The second-order valence-electron chi connectivity index (χ2n) is 9.81. The third-order valence-corrected chi connectivity index (χ3v) is 5.86. The van der Waals surface area contributed by atoms with E-state index in [0.29, 0.717) is 22.9 Å². The molecule has 1 aliphatic heterocycles. The highest BCUT2D eigenvalue weighted by molar-refractivity contribution is 5.14. The molecule has 0 atom stereocenters. The molecular formula is C22H36N2. The topological polar surface area (TPSA) is 15.3 Å². The lowest BCUT2D eigenvalue weighted by molar-refractivity contribution is 0.0731. The van der Waals surface area contributed by atoms with Gasteiger partial charge in [0.2, 0.25) is 0 Å². The normalized spacial score (nSPS) is 25.7. The van der Waals surface area contributed by atoms with Crippen LogP contribution in [-0.2, 0) is 6.54 Å². The zero-order valence-corrected chi connectivity index (χ0v) is 16.1. The molecule has 24 heavy (non-hydrogen) atoms. The maximum absolute atomic E-state index is 4.03. The van der Waals surface area contributed by atoms with Crippen molar-refractivity contribution in [2.24, 2.45) is 10.8 Å². The smallest absolute Gasteiger partial charge is 0.0233 e. The Morgan fingerprint density at radius 1 is 0.917 bits per heavy atom. The van der Waals surface area contributed by atoms with Gasteiger partial charge in [0, 0.05) is 18.6 Å². The summed E-state index contributed by atoms with van der Waals surface area (Å²) in [6, 6.07) is 12.3. The van der Waals surface area contributed by atoms with Crippen molar-refractivity contribution < 1.29 is 0 Å². The van der Waals surface area contributed by atoms with E-state index in [0.717, 1.165) is 6.54 Å². The number of hydrogen-bond acceptors (Lipinski definition) is 2. The van der Waals surface area contributed by atoms with Crippen LogP contribution >= 0.6 is 0 Å². The highest BCUT2D eigenvalue weighted by Crippen LogP contribution is 2.45. The average Bonchev–Trinajstić information content (AvgIpc) is 2.47. The van der Waals surface area contributed by atoms with Crippen LogP contribution in [0.4, 0.5) is 0 Å². The zero-order chi connectivity index (χ0) is 17.2. The molecule has 1 heterocycles. The van der Waals surface area contributed by atoms with Crippen molar-refractivity contribution >= 4 is 0 Å². The molecule has 1 N–H and O–H groups in total. The number of hydrogen-bond donors (Lipinski definition) is 1. The van der Waals surface area contributed by atoms with Crippen molar-refractivity contribution in [1.29, 1.82) is 0 Å². The molecule has 2 aliphatic rings. The lowest BCUT2D eigenvalue weighted by Gasteiger charge is -2.47. The molecule has 0 aromatic heterocycles. The Bertz CT molecular complexity index is 496. The minimum atomic E-state index is 0.480. The van der Waals surface area contributed by atoms with Crippen LogP contribution in [0.3, 0.4) is 0 Å². The lowest BCUT2D eigenvalue weighted by Crippen LogP contribution is -2.50. The summed E-state index contributed by atoms with van der Waals surface area (Å²) in [4.78, 5) is 2.61. The van der Waals surface area contributed by atoms with Crippen LogP contribution in [0.25, 0.3) is 0 Å². The van der Waals surface area contributed by atoms with Gasteiger partial charge in [-0.1, -0.05) is 58.0 Å². The number of nitrogens with zero attached hydrogens (tertiary/aromatic N) is 1. The molecule has 2 heteroatoms. The van der Waals surface area contributed by atoms with E-state index in [1.54, 1.807) is 0 Å². The molecule has 1 saturated carbocycles. The van der Waals surface area contributed by atoms with Crippen molar-refractivity contribution in [2.75, 3.05) is 13.1 Å². The van der Waals surface area contributed by atoms with E-state index in [1.807, 2.05) is 0 Å². The molecule has 0 spiro atoms. The standard InChI is InChI=1S/C22H36N2/c1-21(2)14-20(15-22(3,4)17-21)23-19-10-12-24(13-11-19)16-18-8-6-5-7-9-18/h5-9,19-20,23H,10-17H2,1-4H3. The van der Waals surface area contributed by atoms with Crippen LogP contribution in [-0.4, -0.2) is 30.1 Å². The van der Waals surface area contributed by atoms with Crippen LogP contribution in [0.15, 0.2) is 30.3 Å². The summed E-state index contributed by atoms with van der Waals surface area (Å²) in [6.07, 6.45) is 6.61. The van der Waals surface area contributed by atoms with Gasteiger partial charge in [-0.25, -0.2) is 0 Å². The summed E-state index contributed by atoms with van der Waals surface area (Å²) in [7, 11) is 0.